The normalized spacial score (nSPS) is 20.5. The second-order valence-corrected chi connectivity index (χ2v) is 8.48. The van der Waals surface area contributed by atoms with Crippen LogP contribution in [0.25, 0.3) is 0 Å². The molecule has 0 radical (unpaired) electrons. The van der Waals surface area contributed by atoms with Gasteiger partial charge in [0.15, 0.2) is 0 Å². The Labute approximate surface area is 177 Å². The predicted molar refractivity (Wildman–Crippen MR) is 121 cm³/mol. The molecule has 0 aromatic heterocycles. The summed E-state index contributed by atoms with van der Waals surface area (Å²) in [6.45, 7) is 7.04. The maximum absolute atomic E-state index is 2.78. The minimum atomic E-state index is 0. The van der Waals surface area contributed by atoms with Gasteiger partial charge in [-0.2, -0.15) is 0 Å². The van der Waals surface area contributed by atoms with Gasteiger partial charge >= 0.3 is 0 Å². The van der Waals surface area contributed by atoms with E-state index in [4.69, 9.17) is 0 Å². The summed E-state index contributed by atoms with van der Waals surface area (Å²) in [5.41, 5.74) is 4.25. The molecule has 1 atom stereocenters. The quantitative estimate of drug-likeness (QED) is 0.641. The molecule has 4 rings (SSSR count). The van der Waals surface area contributed by atoms with Gasteiger partial charge in [0, 0.05) is 38.3 Å². The molecule has 1 heterocycles. The first-order valence-electron chi connectivity index (χ1n) is 10.9. The number of rotatable bonds is 5. The summed E-state index contributed by atoms with van der Waals surface area (Å²) in [5, 5.41) is 0. The molecule has 152 valence electrons. The number of piperazine rings is 1. The number of hydrogen-bond donors (Lipinski definition) is 0. The van der Waals surface area contributed by atoms with Crippen LogP contribution in [-0.4, -0.2) is 42.0 Å². The van der Waals surface area contributed by atoms with Gasteiger partial charge in [-0.3, -0.25) is 9.80 Å². The Hall–Kier alpha value is -1.35. The summed E-state index contributed by atoms with van der Waals surface area (Å²) in [5.74, 6) is 0. The second kappa shape index (κ2) is 10.4. The molecule has 1 aliphatic carbocycles. The summed E-state index contributed by atoms with van der Waals surface area (Å²) in [4.78, 5) is 5.51. The maximum Gasteiger partial charge on any atom is 0.0389 e. The zero-order valence-corrected chi connectivity index (χ0v) is 18.0. The van der Waals surface area contributed by atoms with E-state index in [1.165, 1.54) is 75.0 Å². The van der Waals surface area contributed by atoms with Crippen molar-refractivity contribution in [3.63, 3.8) is 0 Å². The molecule has 0 spiro atoms. The van der Waals surface area contributed by atoms with E-state index in [1.54, 1.807) is 0 Å². The summed E-state index contributed by atoms with van der Waals surface area (Å²) in [6, 6.07) is 21.6. The predicted octanol–water partition coefficient (Wildman–Crippen LogP) is 5.65. The third-order valence-corrected chi connectivity index (χ3v) is 6.61. The summed E-state index contributed by atoms with van der Waals surface area (Å²) in [6.07, 6.45) is 8.27. The summed E-state index contributed by atoms with van der Waals surface area (Å²) >= 11 is 0. The number of halogens is 1. The van der Waals surface area contributed by atoms with Crippen molar-refractivity contribution in [3.05, 3.63) is 71.3 Å². The van der Waals surface area contributed by atoms with Gasteiger partial charge in [-0.25, -0.2) is 0 Å². The molecular formula is C25H35ClN2. The highest BCUT2D eigenvalue weighted by atomic mass is 35.5. The van der Waals surface area contributed by atoms with E-state index >= 15 is 0 Å². The monoisotopic (exact) mass is 398 g/mol. The van der Waals surface area contributed by atoms with Crippen LogP contribution in [0.1, 0.15) is 54.8 Å². The number of benzene rings is 2. The van der Waals surface area contributed by atoms with Crippen LogP contribution in [0.4, 0.5) is 0 Å². The number of hydrogen-bond acceptors (Lipinski definition) is 2. The van der Waals surface area contributed by atoms with Crippen LogP contribution < -0.4 is 0 Å². The molecule has 2 aromatic carbocycles. The Bertz CT molecular complexity index is 686. The highest BCUT2D eigenvalue weighted by molar-refractivity contribution is 5.85. The van der Waals surface area contributed by atoms with Gasteiger partial charge in [0.05, 0.1) is 0 Å². The molecule has 2 aromatic rings. The Balaban J connectivity index is 0.00000225. The minimum Gasteiger partial charge on any atom is -0.298 e. The molecule has 28 heavy (non-hydrogen) atoms. The van der Waals surface area contributed by atoms with Crippen LogP contribution in [0.3, 0.4) is 0 Å². The molecule has 1 saturated heterocycles. The molecule has 0 bridgehead atoms. The lowest BCUT2D eigenvalue weighted by atomic mass is 9.93. The highest BCUT2D eigenvalue weighted by Crippen LogP contribution is 2.29. The molecule has 0 amide bonds. The summed E-state index contributed by atoms with van der Waals surface area (Å²) in [7, 11) is 0. The number of aryl methyl sites for hydroxylation is 1. The van der Waals surface area contributed by atoms with Gasteiger partial charge in [-0.15, -0.1) is 12.4 Å². The van der Waals surface area contributed by atoms with Crippen molar-refractivity contribution in [1.29, 1.82) is 0 Å². The van der Waals surface area contributed by atoms with Gasteiger partial charge in [-0.05, 0) is 37.3 Å². The largest absolute Gasteiger partial charge is 0.298 e. The lowest BCUT2D eigenvalue weighted by Gasteiger charge is -2.43. The van der Waals surface area contributed by atoms with Crippen LogP contribution in [0.2, 0.25) is 0 Å². The number of nitrogens with zero attached hydrogens (tertiary/aromatic N) is 2. The van der Waals surface area contributed by atoms with Gasteiger partial charge in [0.2, 0.25) is 0 Å². The van der Waals surface area contributed by atoms with E-state index in [2.05, 4.69) is 71.3 Å². The molecule has 1 unspecified atom stereocenters. The van der Waals surface area contributed by atoms with Gasteiger partial charge in [-0.1, -0.05) is 79.4 Å². The first-order valence-corrected chi connectivity index (χ1v) is 10.9. The van der Waals surface area contributed by atoms with Gasteiger partial charge < -0.3 is 0 Å². The molecule has 1 saturated carbocycles. The second-order valence-electron chi connectivity index (χ2n) is 8.48. The smallest absolute Gasteiger partial charge is 0.0389 e. The fraction of sp³-hybridized carbons (Fsp3) is 0.520. The summed E-state index contributed by atoms with van der Waals surface area (Å²) < 4.78 is 0. The zero-order valence-electron chi connectivity index (χ0n) is 17.2. The maximum atomic E-state index is 2.78. The van der Waals surface area contributed by atoms with Crippen LogP contribution in [0, 0.1) is 6.92 Å². The molecular weight excluding hydrogens is 364 g/mol. The molecule has 3 heteroatoms. The average Bonchev–Trinajstić information content (AvgIpc) is 2.75. The van der Waals surface area contributed by atoms with Gasteiger partial charge in [0.25, 0.3) is 0 Å². The highest BCUT2D eigenvalue weighted by Gasteiger charge is 2.29. The van der Waals surface area contributed by atoms with Crippen molar-refractivity contribution in [3.8, 4) is 0 Å². The van der Waals surface area contributed by atoms with Crippen LogP contribution in [-0.2, 0) is 6.42 Å². The molecule has 2 fully saturated rings. The fourth-order valence-electron chi connectivity index (χ4n) is 4.94. The molecule has 0 N–H and O–H groups in total. The van der Waals surface area contributed by atoms with E-state index in [1.807, 2.05) is 0 Å². The Morgan fingerprint density at radius 2 is 1.46 bits per heavy atom. The third kappa shape index (κ3) is 5.37. The van der Waals surface area contributed by atoms with Crippen molar-refractivity contribution in [1.82, 2.24) is 9.80 Å². The SMILES string of the molecule is Cc1ccc(CC(c2ccccc2)N2CCN(C3CCCCC3)CC2)cc1.Cl. The van der Waals surface area contributed by atoms with Crippen molar-refractivity contribution in [2.75, 3.05) is 26.2 Å². The molecule has 2 nitrogen and oxygen atoms in total. The topological polar surface area (TPSA) is 6.48 Å². The van der Waals surface area contributed by atoms with Crippen molar-refractivity contribution in [2.45, 2.75) is 57.5 Å². The molecule has 1 aliphatic heterocycles. The first kappa shape index (κ1) is 21.4. The Morgan fingerprint density at radius 1 is 0.821 bits per heavy atom. The Kier molecular flexibility index (Phi) is 7.96. The van der Waals surface area contributed by atoms with Gasteiger partial charge in [0.1, 0.15) is 0 Å². The lowest BCUT2D eigenvalue weighted by molar-refractivity contribution is 0.0559. The van der Waals surface area contributed by atoms with Crippen LogP contribution in [0.5, 0.6) is 0 Å². The Morgan fingerprint density at radius 3 is 2.11 bits per heavy atom. The first-order chi connectivity index (χ1) is 13.3. The van der Waals surface area contributed by atoms with E-state index in [9.17, 15) is 0 Å². The third-order valence-electron chi connectivity index (χ3n) is 6.61. The van der Waals surface area contributed by atoms with Crippen molar-refractivity contribution < 1.29 is 0 Å². The van der Waals surface area contributed by atoms with E-state index in [0.29, 0.717) is 6.04 Å². The lowest BCUT2D eigenvalue weighted by Crippen LogP contribution is -2.51. The van der Waals surface area contributed by atoms with Crippen LogP contribution in [0.15, 0.2) is 54.6 Å². The van der Waals surface area contributed by atoms with E-state index in [-0.39, 0.29) is 12.4 Å². The van der Waals surface area contributed by atoms with Crippen LogP contribution >= 0.6 is 12.4 Å². The zero-order chi connectivity index (χ0) is 18.5. The minimum absolute atomic E-state index is 0. The molecule has 2 aliphatic rings. The standard InChI is InChI=1S/C25H34N2.ClH/c1-21-12-14-22(15-13-21)20-25(23-8-4-2-5-9-23)27-18-16-26(17-19-27)24-10-6-3-7-11-24;/h2,4-5,8-9,12-15,24-25H,3,6-7,10-11,16-20H2,1H3;1H. The van der Waals surface area contributed by atoms with Crippen molar-refractivity contribution >= 4 is 12.4 Å². The fourth-order valence-corrected chi connectivity index (χ4v) is 4.94. The van der Waals surface area contributed by atoms with Crippen molar-refractivity contribution in [2.24, 2.45) is 0 Å². The average molecular weight is 399 g/mol. The van der Waals surface area contributed by atoms with E-state index in [0.717, 1.165) is 12.5 Å². The van der Waals surface area contributed by atoms with E-state index < -0.39 is 0 Å².